The van der Waals surface area contributed by atoms with E-state index in [1.807, 2.05) is 29.2 Å². The van der Waals surface area contributed by atoms with E-state index in [-0.39, 0.29) is 5.41 Å². The molecule has 1 aliphatic heterocycles. The Balaban J connectivity index is 1.62. The van der Waals surface area contributed by atoms with Crippen LogP contribution in [0.4, 0.5) is 0 Å². The van der Waals surface area contributed by atoms with Crippen LogP contribution in [0.3, 0.4) is 0 Å². The zero-order valence-corrected chi connectivity index (χ0v) is 13.2. The minimum atomic E-state index is -0.438. The molecule has 5 nitrogen and oxygen atoms in total. The van der Waals surface area contributed by atoms with Crippen LogP contribution in [0.5, 0.6) is 0 Å². The van der Waals surface area contributed by atoms with Crippen molar-refractivity contribution in [2.24, 2.45) is 5.41 Å². The minimum Gasteiger partial charge on any atom is -0.347 e. The van der Waals surface area contributed by atoms with Crippen LogP contribution in [0.1, 0.15) is 31.0 Å². The monoisotopic (exact) mass is 309 g/mol. The van der Waals surface area contributed by atoms with E-state index in [9.17, 15) is 0 Å². The van der Waals surface area contributed by atoms with Crippen LogP contribution in [-0.4, -0.2) is 33.8 Å². The van der Waals surface area contributed by atoms with Gasteiger partial charge in [-0.2, -0.15) is 5.10 Å². The zero-order chi connectivity index (χ0) is 15.5. The topological polar surface area (TPSA) is 49.2 Å². The molecule has 1 saturated carbocycles. The molecule has 5 rings (SSSR count). The lowest BCUT2D eigenvalue weighted by atomic mass is 9.72. The third-order valence-corrected chi connectivity index (χ3v) is 5.66. The first-order valence-corrected chi connectivity index (χ1v) is 8.18. The van der Waals surface area contributed by atoms with Gasteiger partial charge in [0, 0.05) is 18.0 Å². The molecule has 0 unspecified atom stereocenters. The summed E-state index contributed by atoms with van der Waals surface area (Å²) in [6.07, 6.45) is 10.8. The van der Waals surface area contributed by atoms with Crippen molar-refractivity contribution in [2.45, 2.75) is 32.0 Å². The maximum absolute atomic E-state index is 6.08. The first-order valence-electron chi connectivity index (χ1n) is 8.18. The van der Waals surface area contributed by atoms with Crippen molar-refractivity contribution < 1.29 is 9.47 Å². The van der Waals surface area contributed by atoms with Gasteiger partial charge in [-0.1, -0.05) is 12.5 Å². The van der Waals surface area contributed by atoms with Gasteiger partial charge in [0.25, 0.3) is 0 Å². The van der Waals surface area contributed by atoms with Gasteiger partial charge in [-0.05, 0) is 36.6 Å². The molecule has 1 atom stereocenters. The molecule has 2 aliphatic carbocycles. The molecular weight excluding hydrogens is 290 g/mol. The highest BCUT2D eigenvalue weighted by Crippen LogP contribution is 2.58. The summed E-state index contributed by atoms with van der Waals surface area (Å²) in [5.41, 5.74) is 4.74. The van der Waals surface area contributed by atoms with Gasteiger partial charge in [0.2, 0.25) is 0 Å². The van der Waals surface area contributed by atoms with Gasteiger partial charge in [0.1, 0.15) is 0 Å². The van der Waals surface area contributed by atoms with Crippen molar-refractivity contribution >= 4 is 6.08 Å². The molecule has 3 heterocycles. The van der Waals surface area contributed by atoms with Gasteiger partial charge in [-0.15, -0.1) is 0 Å². The minimum absolute atomic E-state index is 0.0840. The highest BCUT2D eigenvalue weighted by atomic mass is 16.7. The largest absolute Gasteiger partial charge is 0.347 e. The fraction of sp³-hybridized carbons (Fsp3) is 0.444. The van der Waals surface area contributed by atoms with Crippen LogP contribution in [0.25, 0.3) is 11.8 Å². The molecular formula is C18H19N3O2. The molecule has 118 valence electrons. The fourth-order valence-corrected chi connectivity index (χ4v) is 4.41. The molecule has 2 aromatic heterocycles. The van der Waals surface area contributed by atoms with Gasteiger partial charge in [0.15, 0.2) is 5.79 Å². The van der Waals surface area contributed by atoms with Gasteiger partial charge in [-0.3, -0.25) is 4.98 Å². The molecule has 0 amide bonds. The summed E-state index contributed by atoms with van der Waals surface area (Å²) in [4.78, 5) is 4.21. The molecule has 0 radical (unpaired) electrons. The van der Waals surface area contributed by atoms with Gasteiger partial charge in [-0.25, -0.2) is 4.68 Å². The Labute approximate surface area is 134 Å². The number of rotatable bonds is 1. The van der Waals surface area contributed by atoms with Crippen molar-refractivity contribution in [1.82, 2.24) is 14.8 Å². The summed E-state index contributed by atoms with van der Waals surface area (Å²) >= 11 is 0. The van der Waals surface area contributed by atoms with Crippen LogP contribution >= 0.6 is 0 Å². The number of aromatic nitrogens is 3. The maximum atomic E-state index is 6.08. The van der Waals surface area contributed by atoms with E-state index in [4.69, 9.17) is 9.47 Å². The van der Waals surface area contributed by atoms with E-state index < -0.39 is 5.79 Å². The number of hydrogen-bond donors (Lipinski definition) is 0. The number of pyridine rings is 1. The smallest absolute Gasteiger partial charge is 0.178 e. The van der Waals surface area contributed by atoms with Crippen LogP contribution in [0.15, 0.2) is 36.3 Å². The van der Waals surface area contributed by atoms with Crippen LogP contribution in [0.2, 0.25) is 0 Å². The van der Waals surface area contributed by atoms with Crippen LogP contribution < -0.4 is 0 Å². The summed E-state index contributed by atoms with van der Waals surface area (Å²) in [5.74, 6) is -0.438. The second-order valence-electron chi connectivity index (χ2n) is 6.81. The molecule has 23 heavy (non-hydrogen) atoms. The number of hydrogen-bond acceptors (Lipinski definition) is 4. The summed E-state index contributed by atoms with van der Waals surface area (Å²) < 4.78 is 14.1. The van der Waals surface area contributed by atoms with Crippen molar-refractivity contribution in [3.05, 3.63) is 47.6 Å². The van der Waals surface area contributed by atoms with Crippen molar-refractivity contribution in [3.8, 4) is 5.69 Å². The van der Waals surface area contributed by atoms with E-state index in [0.29, 0.717) is 13.2 Å². The highest BCUT2D eigenvalue weighted by molar-refractivity contribution is 5.62. The summed E-state index contributed by atoms with van der Waals surface area (Å²) in [5, 5.41) is 4.59. The average molecular weight is 309 g/mol. The van der Waals surface area contributed by atoms with Gasteiger partial charge < -0.3 is 9.47 Å². The molecule has 0 bridgehead atoms. The van der Waals surface area contributed by atoms with Crippen molar-refractivity contribution in [3.63, 3.8) is 0 Å². The highest BCUT2D eigenvalue weighted by Gasteiger charge is 2.59. The Hall–Kier alpha value is -1.98. The van der Waals surface area contributed by atoms with E-state index in [1.165, 1.54) is 16.8 Å². The summed E-state index contributed by atoms with van der Waals surface area (Å²) in [7, 11) is 0. The van der Waals surface area contributed by atoms with E-state index >= 15 is 0 Å². The predicted molar refractivity (Wildman–Crippen MR) is 85.0 cm³/mol. The fourth-order valence-electron chi connectivity index (χ4n) is 4.41. The molecule has 1 spiro atoms. The number of nitrogens with zero attached hydrogens (tertiary/aromatic N) is 3. The standard InChI is InChI=1S/C18H19N3O2/c1-17-10-13-11-20-21(15-3-2-6-19-12-15)16(13)9-14(17)4-5-18(17)22-7-8-23-18/h2-3,6,9,11-12H,4-5,7-8,10H2,1H3/t17-/m0/s1. The molecule has 5 heteroatoms. The van der Waals surface area contributed by atoms with Crippen molar-refractivity contribution in [1.29, 1.82) is 0 Å². The SMILES string of the molecule is C[C@]12Cc3cnn(-c4cccnc4)c3C=C1CCC21OCCO1. The predicted octanol–water partition coefficient (Wildman–Crippen LogP) is 2.75. The summed E-state index contributed by atoms with van der Waals surface area (Å²) in [6.45, 7) is 3.68. The third-order valence-electron chi connectivity index (χ3n) is 5.66. The Bertz CT molecular complexity index is 790. The lowest BCUT2D eigenvalue weighted by Gasteiger charge is -2.41. The quantitative estimate of drug-likeness (QED) is 0.813. The second-order valence-corrected chi connectivity index (χ2v) is 6.81. The lowest BCUT2D eigenvalue weighted by molar-refractivity contribution is -0.208. The Morgan fingerprint density at radius 1 is 1.22 bits per heavy atom. The van der Waals surface area contributed by atoms with Crippen LogP contribution in [-0.2, 0) is 15.9 Å². The Morgan fingerprint density at radius 3 is 2.87 bits per heavy atom. The molecule has 3 aliphatic rings. The maximum Gasteiger partial charge on any atom is 0.178 e. The number of fused-ring (bicyclic) bond motifs is 3. The first-order chi connectivity index (χ1) is 11.2. The van der Waals surface area contributed by atoms with Crippen LogP contribution in [0, 0.1) is 5.41 Å². The molecule has 2 aromatic rings. The molecule has 0 aromatic carbocycles. The lowest BCUT2D eigenvalue weighted by Crippen LogP contribution is -2.46. The van der Waals surface area contributed by atoms with Crippen molar-refractivity contribution in [2.75, 3.05) is 13.2 Å². The molecule has 1 saturated heterocycles. The van der Waals surface area contributed by atoms with E-state index in [2.05, 4.69) is 23.1 Å². The normalized spacial score (nSPS) is 27.8. The van der Waals surface area contributed by atoms with Gasteiger partial charge in [0.05, 0.1) is 37.0 Å². The third kappa shape index (κ3) is 1.69. The second kappa shape index (κ2) is 4.52. The molecule has 0 N–H and O–H groups in total. The van der Waals surface area contributed by atoms with E-state index in [1.54, 1.807) is 6.20 Å². The zero-order valence-electron chi connectivity index (χ0n) is 13.2. The molecule has 2 fully saturated rings. The Kier molecular flexibility index (Phi) is 2.65. The van der Waals surface area contributed by atoms with E-state index in [0.717, 1.165) is 24.9 Å². The summed E-state index contributed by atoms with van der Waals surface area (Å²) in [6, 6.07) is 3.97. The van der Waals surface area contributed by atoms with Gasteiger partial charge >= 0.3 is 0 Å². The Morgan fingerprint density at radius 2 is 2.09 bits per heavy atom. The average Bonchev–Trinajstić information content (AvgIpc) is 3.26. The number of ether oxygens (including phenoxy) is 2. The first kappa shape index (κ1) is 13.5.